The van der Waals surface area contributed by atoms with Gasteiger partial charge in [0.25, 0.3) is 5.91 Å². The van der Waals surface area contributed by atoms with Gasteiger partial charge in [-0.3, -0.25) is 4.79 Å². The normalized spacial score (nSPS) is 14.0. The minimum absolute atomic E-state index is 0.0908. The van der Waals surface area contributed by atoms with E-state index in [1.54, 1.807) is 16.8 Å². The maximum Gasteiger partial charge on any atom is 0.252 e. The first-order valence-corrected chi connectivity index (χ1v) is 8.94. The first-order chi connectivity index (χ1) is 11.2. The van der Waals surface area contributed by atoms with Gasteiger partial charge < -0.3 is 0 Å². The molecule has 0 aromatic heterocycles. The number of aryl methyl sites for hydroxylation is 1. The molecule has 23 heavy (non-hydrogen) atoms. The Labute approximate surface area is 141 Å². The van der Waals surface area contributed by atoms with Crippen LogP contribution in [0.25, 0.3) is 0 Å². The second-order valence-electron chi connectivity index (χ2n) is 5.66. The van der Waals surface area contributed by atoms with Gasteiger partial charge in [0.05, 0.1) is 18.0 Å². The quantitative estimate of drug-likeness (QED) is 0.836. The van der Waals surface area contributed by atoms with Crippen LogP contribution in [-0.4, -0.2) is 28.9 Å². The second-order valence-corrected chi connectivity index (χ2v) is 6.64. The Morgan fingerprint density at radius 1 is 1.13 bits per heavy atom. The summed E-state index contributed by atoms with van der Waals surface area (Å²) in [7, 11) is 0. The lowest BCUT2D eigenvalue weighted by molar-refractivity contribution is -0.127. The molecular weight excluding hydrogens is 304 g/mol. The summed E-state index contributed by atoms with van der Waals surface area (Å²) in [6, 6.07) is 18.5. The average Bonchev–Trinajstić information content (AvgIpc) is 3.07. The summed E-state index contributed by atoms with van der Waals surface area (Å²) in [6.45, 7) is 2.77. The molecular formula is C19H20N2OS. The molecule has 118 valence electrons. The molecule has 0 aliphatic carbocycles. The average molecular weight is 324 g/mol. The van der Waals surface area contributed by atoms with Gasteiger partial charge in [-0.1, -0.05) is 60.2 Å². The largest absolute Gasteiger partial charge is 0.272 e. The lowest BCUT2D eigenvalue weighted by Gasteiger charge is -2.11. The molecule has 0 fully saturated rings. The van der Waals surface area contributed by atoms with E-state index in [4.69, 9.17) is 0 Å². The van der Waals surface area contributed by atoms with Gasteiger partial charge in [0.15, 0.2) is 0 Å². The molecule has 3 nitrogen and oxygen atoms in total. The highest BCUT2D eigenvalue weighted by atomic mass is 32.2. The molecule has 0 saturated heterocycles. The minimum Gasteiger partial charge on any atom is -0.272 e. The minimum atomic E-state index is 0.0908. The topological polar surface area (TPSA) is 32.7 Å². The van der Waals surface area contributed by atoms with E-state index in [2.05, 4.69) is 36.3 Å². The zero-order valence-corrected chi connectivity index (χ0v) is 14.1. The number of carbonyl (C=O) groups is 1. The third-order valence-electron chi connectivity index (χ3n) is 3.81. The number of nitrogens with zero attached hydrogens (tertiary/aromatic N) is 2. The number of hydrogen-bond donors (Lipinski definition) is 0. The zero-order chi connectivity index (χ0) is 16.1. The fourth-order valence-electron chi connectivity index (χ4n) is 2.49. The Bertz CT molecular complexity index is 695. The van der Waals surface area contributed by atoms with Gasteiger partial charge in [-0.2, -0.15) is 5.10 Å². The molecule has 1 heterocycles. The van der Waals surface area contributed by atoms with E-state index < -0.39 is 0 Å². The van der Waals surface area contributed by atoms with Crippen LogP contribution in [-0.2, 0) is 10.5 Å². The number of thioether (sulfide) groups is 1. The first kappa shape index (κ1) is 15.8. The van der Waals surface area contributed by atoms with E-state index >= 15 is 0 Å². The second kappa shape index (κ2) is 7.47. The van der Waals surface area contributed by atoms with Crippen molar-refractivity contribution in [3.05, 3.63) is 71.3 Å². The predicted molar refractivity (Wildman–Crippen MR) is 96.7 cm³/mol. The van der Waals surface area contributed by atoms with Crippen molar-refractivity contribution in [2.45, 2.75) is 19.1 Å². The molecule has 0 N–H and O–H groups in total. The highest BCUT2D eigenvalue weighted by molar-refractivity contribution is 7.99. The maximum absolute atomic E-state index is 12.3. The van der Waals surface area contributed by atoms with E-state index in [-0.39, 0.29) is 5.91 Å². The van der Waals surface area contributed by atoms with E-state index in [0.717, 1.165) is 23.4 Å². The molecule has 0 saturated carbocycles. The highest BCUT2D eigenvalue weighted by Gasteiger charge is 2.21. The Morgan fingerprint density at radius 3 is 2.61 bits per heavy atom. The first-order valence-electron chi connectivity index (χ1n) is 7.79. The van der Waals surface area contributed by atoms with E-state index in [1.807, 2.05) is 30.3 Å². The summed E-state index contributed by atoms with van der Waals surface area (Å²) >= 11 is 1.64. The van der Waals surface area contributed by atoms with Crippen LogP contribution >= 0.6 is 11.8 Å². The molecule has 0 unspecified atom stereocenters. The third kappa shape index (κ3) is 4.23. The molecule has 1 amide bonds. The number of carbonyl (C=O) groups excluding carboxylic acids is 1. The number of rotatable bonds is 5. The monoisotopic (exact) mass is 324 g/mol. The number of amides is 1. The molecule has 0 radical (unpaired) electrons. The van der Waals surface area contributed by atoms with Crippen molar-refractivity contribution in [1.29, 1.82) is 0 Å². The molecule has 0 bridgehead atoms. The van der Waals surface area contributed by atoms with E-state index in [0.29, 0.717) is 12.3 Å². The summed E-state index contributed by atoms with van der Waals surface area (Å²) in [6.07, 6.45) is 0.832. The van der Waals surface area contributed by atoms with Crippen LogP contribution < -0.4 is 0 Å². The van der Waals surface area contributed by atoms with Crippen LogP contribution in [0.15, 0.2) is 59.7 Å². The van der Waals surface area contributed by atoms with Gasteiger partial charge in [0.2, 0.25) is 0 Å². The standard InChI is InChI=1S/C19H20N2OS/c1-15-7-9-16(10-8-15)13-23-14-19(22)21-12-11-18(20-21)17-5-3-2-4-6-17/h2-10H,11-14H2,1H3. The molecule has 0 atom stereocenters. The van der Waals surface area contributed by atoms with Gasteiger partial charge in [-0.25, -0.2) is 5.01 Å². The Balaban J connectivity index is 1.51. The van der Waals surface area contributed by atoms with Gasteiger partial charge in [-0.05, 0) is 18.1 Å². The van der Waals surface area contributed by atoms with Crippen LogP contribution in [0, 0.1) is 6.92 Å². The van der Waals surface area contributed by atoms with E-state index in [9.17, 15) is 4.79 Å². The molecule has 2 aromatic carbocycles. The lowest BCUT2D eigenvalue weighted by atomic mass is 10.1. The summed E-state index contributed by atoms with van der Waals surface area (Å²) in [5.41, 5.74) is 4.62. The van der Waals surface area contributed by atoms with E-state index in [1.165, 1.54) is 11.1 Å². The molecule has 4 heteroatoms. The van der Waals surface area contributed by atoms with Crippen molar-refractivity contribution in [2.24, 2.45) is 5.10 Å². The zero-order valence-electron chi connectivity index (χ0n) is 13.2. The van der Waals surface area contributed by atoms with Crippen molar-refractivity contribution < 1.29 is 4.79 Å². The van der Waals surface area contributed by atoms with Crippen LogP contribution in [0.5, 0.6) is 0 Å². The summed E-state index contributed by atoms with van der Waals surface area (Å²) in [5, 5.41) is 6.10. The van der Waals surface area contributed by atoms with Crippen LogP contribution in [0.1, 0.15) is 23.1 Å². The maximum atomic E-state index is 12.3. The number of benzene rings is 2. The van der Waals surface area contributed by atoms with Crippen LogP contribution in [0.3, 0.4) is 0 Å². The van der Waals surface area contributed by atoms with Crippen molar-refractivity contribution >= 4 is 23.4 Å². The highest BCUT2D eigenvalue weighted by Crippen LogP contribution is 2.17. The number of hydrogen-bond acceptors (Lipinski definition) is 3. The Kier molecular flexibility index (Phi) is 5.13. The fourth-order valence-corrected chi connectivity index (χ4v) is 3.34. The van der Waals surface area contributed by atoms with Crippen molar-refractivity contribution in [3.8, 4) is 0 Å². The van der Waals surface area contributed by atoms with Gasteiger partial charge >= 0.3 is 0 Å². The van der Waals surface area contributed by atoms with Crippen molar-refractivity contribution in [2.75, 3.05) is 12.3 Å². The third-order valence-corrected chi connectivity index (χ3v) is 4.80. The number of hydrazone groups is 1. The Morgan fingerprint density at radius 2 is 1.87 bits per heavy atom. The summed E-state index contributed by atoms with van der Waals surface area (Å²) in [5.74, 6) is 1.42. The molecule has 0 spiro atoms. The van der Waals surface area contributed by atoms with Gasteiger partial charge in [0, 0.05) is 12.2 Å². The molecule has 2 aromatic rings. The van der Waals surface area contributed by atoms with Crippen LogP contribution in [0.4, 0.5) is 0 Å². The SMILES string of the molecule is Cc1ccc(CSCC(=O)N2CCC(c3ccccc3)=N2)cc1. The summed E-state index contributed by atoms with van der Waals surface area (Å²) < 4.78 is 0. The predicted octanol–water partition coefficient (Wildman–Crippen LogP) is 3.86. The van der Waals surface area contributed by atoms with Crippen molar-refractivity contribution in [3.63, 3.8) is 0 Å². The smallest absolute Gasteiger partial charge is 0.252 e. The summed E-state index contributed by atoms with van der Waals surface area (Å²) in [4.78, 5) is 12.3. The van der Waals surface area contributed by atoms with Crippen LogP contribution in [0.2, 0.25) is 0 Å². The van der Waals surface area contributed by atoms with Gasteiger partial charge in [-0.15, -0.1) is 11.8 Å². The fraction of sp³-hybridized carbons (Fsp3) is 0.263. The molecule has 1 aliphatic heterocycles. The molecule has 1 aliphatic rings. The Hall–Kier alpha value is -2.07. The van der Waals surface area contributed by atoms with Crippen molar-refractivity contribution in [1.82, 2.24) is 5.01 Å². The lowest BCUT2D eigenvalue weighted by Crippen LogP contribution is -2.25. The molecule has 3 rings (SSSR count). The van der Waals surface area contributed by atoms with Gasteiger partial charge in [0.1, 0.15) is 0 Å².